The van der Waals surface area contributed by atoms with Gasteiger partial charge in [0, 0.05) is 24.4 Å². The number of nitrogens with one attached hydrogen (secondary N) is 1. The van der Waals surface area contributed by atoms with Crippen LogP contribution in [0.4, 0.5) is 5.69 Å². The van der Waals surface area contributed by atoms with Gasteiger partial charge in [0.25, 0.3) is 0 Å². The lowest BCUT2D eigenvalue weighted by Crippen LogP contribution is -2.20. The predicted molar refractivity (Wildman–Crippen MR) is 114 cm³/mol. The van der Waals surface area contributed by atoms with E-state index in [1.807, 2.05) is 41.1 Å². The molecule has 30 heavy (non-hydrogen) atoms. The number of aromatic nitrogens is 2. The molecule has 0 spiro atoms. The van der Waals surface area contributed by atoms with Crippen LogP contribution in [0.25, 0.3) is 0 Å². The first-order valence-electron chi connectivity index (χ1n) is 9.75. The highest BCUT2D eigenvalue weighted by Crippen LogP contribution is 2.38. The number of Topliss-reactive ketones (excluding diaryl/α,β-unsaturated/α-hetero) is 1. The van der Waals surface area contributed by atoms with E-state index < -0.39 is 10.0 Å². The summed E-state index contributed by atoms with van der Waals surface area (Å²) in [6, 6.07) is 13.1. The van der Waals surface area contributed by atoms with Crippen molar-refractivity contribution in [3.63, 3.8) is 0 Å². The Labute approximate surface area is 175 Å². The Bertz CT molecular complexity index is 1140. The molecule has 8 heteroatoms. The second-order valence-electron chi connectivity index (χ2n) is 7.39. The standard InChI is InChI=1S/C22H23N3O4S/c1-30(27,28)24-22-18-8-5-9-19(26)17(18)10-11-20(22)29-21(14-25-13-12-23-15-25)16-6-3-2-4-7-16/h2-4,6-7,10-13,15,21,24H,5,8-9,14H2,1H3. The van der Waals surface area contributed by atoms with Gasteiger partial charge in [0.05, 0.1) is 24.8 Å². The first kappa shape index (κ1) is 20.2. The number of fused-ring (bicyclic) bond motifs is 1. The molecule has 1 N–H and O–H groups in total. The van der Waals surface area contributed by atoms with Gasteiger partial charge in [-0.1, -0.05) is 30.3 Å². The fourth-order valence-corrected chi connectivity index (χ4v) is 4.32. The van der Waals surface area contributed by atoms with Crippen molar-refractivity contribution in [3.05, 3.63) is 77.9 Å². The number of anilines is 1. The summed E-state index contributed by atoms with van der Waals surface area (Å²) in [5, 5.41) is 0. The number of carbonyl (C=O) groups excluding carboxylic acids is 1. The monoisotopic (exact) mass is 425 g/mol. The summed E-state index contributed by atoms with van der Waals surface area (Å²) in [5.41, 5.74) is 2.56. The summed E-state index contributed by atoms with van der Waals surface area (Å²) in [5.74, 6) is 0.431. The van der Waals surface area contributed by atoms with E-state index in [1.54, 1.807) is 24.7 Å². The van der Waals surface area contributed by atoms with Crippen molar-refractivity contribution in [2.24, 2.45) is 0 Å². The smallest absolute Gasteiger partial charge is 0.229 e. The zero-order valence-corrected chi connectivity index (χ0v) is 17.4. The van der Waals surface area contributed by atoms with E-state index in [1.165, 1.54) is 0 Å². The predicted octanol–water partition coefficient (Wildman–Crippen LogP) is 3.59. The average molecular weight is 426 g/mol. The van der Waals surface area contributed by atoms with Gasteiger partial charge in [0.1, 0.15) is 11.9 Å². The van der Waals surface area contributed by atoms with Gasteiger partial charge in [0.15, 0.2) is 5.78 Å². The maximum absolute atomic E-state index is 12.3. The van der Waals surface area contributed by atoms with Gasteiger partial charge in [-0.15, -0.1) is 0 Å². The molecule has 0 aliphatic heterocycles. The van der Waals surface area contributed by atoms with Gasteiger partial charge in [-0.3, -0.25) is 9.52 Å². The molecule has 0 radical (unpaired) electrons. The van der Waals surface area contributed by atoms with Gasteiger partial charge in [-0.25, -0.2) is 13.4 Å². The van der Waals surface area contributed by atoms with Crippen LogP contribution in [0.15, 0.2) is 61.2 Å². The third-order valence-electron chi connectivity index (χ3n) is 5.07. The Morgan fingerprint density at radius 1 is 1.17 bits per heavy atom. The van der Waals surface area contributed by atoms with Crippen molar-refractivity contribution in [2.75, 3.05) is 11.0 Å². The van der Waals surface area contributed by atoms with E-state index in [0.717, 1.165) is 11.8 Å². The second-order valence-corrected chi connectivity index (χ2v) is 9.14. The highest BCUT2D eigenvalue weighted by molar-refractivity contribution is 7.92. The van der Waals surface area contributed by atoms with Gasteiger partial charge in [-0.2, -0.15) is 0 Å². The van der Waals surface area contributed by atoms with Crippen LogP contribution in [0.3, 0.4) is 0 Å². The maximum atomic E-state index is 12.3. The first-order chi connectivity index (χ1) is 14.4. The lowest BCUT2D eigenvalue weighted by Gasteiger charge is -2.25. The topological polar surface area (TPSA) is 90.3 Å². The fourth-order valence-electron chi connectivity index (χ4n) is 3.72. The Kier molecular flexibility index (Phi) is 5.59. The molecule has 1 unspecified atom stereocenters. The zero-order valence-electron chi connectivity index (χ0n) is 16.6. The molecule has 3 aromatic rings. The largest absolute Gasteiger partial charge is 0.482 e. The van der Waals surface area contributed by atoms with Crippen LogP contribution in [0.2, 0.25) is 0 Å². The number of ether oxygens (including phenoxy) is 1. The minimum absolute atomic E-state index is 0.0253. The van der Waals surface area contributed by atoms with Crippen molar-refractivity contribution in [1.82, 2.24) is 9.55 Å². The number of imidazole rings is 1. The first-order valence-corrected chi connectivity index (χ1v) is 11.6. The van der Waals surface area contributed by atoms with Crippen molar-refractivity contribution in [1.29, 1.82) is 0 Å². The van der Waals surface area contributed by atoms with Crippen LogP contribution >= 0.6 is 0 Å². The summed E-state index contributed by atoms with van der Waals surface area (Å²) in [7, 11) is -3.56. The fraction of sp³-hybridized carbons (Fsp3) is 0.273. The number of hydrogen-bond donors (Lipinski definition) is 1. The van der Waals surface area contributed by atoms with Crippen molar-refractivity contribution < 1.29 is 17.9 Å². The van der Waals surface area contributed by atoms with Crippen LogP contribution in [0.1, 0.15) is 40.4 Å². The zero-order chi connectivity index (χ0) is 21.1. The molecular formula is C22H23N3O4S. The number of ketones is 1. The molecular weight excluding hydrogens is 402 g/mol. The quantitative estimate of drug-likeness (QED) is 0.625. The molecule has 1 aromatic heterocycles. The van der Waals surface area contributed by atoms with Crippen LogP contribution in [-0.4, -0.2) is 30.0 Å². The molecule has 0 amide bonds. The molecule has 1 heterocycles. The number of hydrogen-bond acceptors (Lipinski definition) is 5. The maximum Gasteiger partial charge on any atom is 0.229 e. The Morgan fingerprint density at radius 3 is 2.67 bits per heavy atom. The summed E-state index contributed by atoms with van der Waals surface area (Å²) < 4.78 is 35.0. The van der Waals surface area contributed by atoms with E-state index in [9.17, 15) is 13.2 Å². The minimum atomic E-state index is -3.56. The van der Waals surface area contributed by atoms with E-state index >= 15 is 0 Å². The Hall–Kier alpha value is -3.13. The van der Waals surface area contributed by atoms with E-state index in [2.05, 4.69) is 9.71 Å². The van der Waals surface area contributed by atoms with Crippen LogP contribution < -0.4 is 9.46 Å². The normalized spacial score (nSPS) is 14.8. The lowest BCUT2D eigenvalue weighted by molar-refractivity contribution is 0.0972. The van der Waals surface area contributed by atoms with Gasteiger partial charge in [-0.05, 0) is 36.1 Å². The van der Waals surface area contributed by atoms with Gasteiger partial charge < -0.3 is 9.30 Å². The molecule has 4 rings (SSSR count). The Morgan fingerprint density at radius 2 is 1.97 bits per heavy atom. The van der Waals surface area contributed by atoms with Crippen LogP contribution in [0.5, 0.6) is 5.75 Å². The lowest BCUT2D eigenvalue weighted by atomic mass is 9.89. The molecule has 156 valence electrons. The Balaban J connectivity index is 1.76. The highest BCUT2D eigenvalue weighted by Gasteiger charge is 2.26. The number of rotatable bonds is 7. The molecule has 1 aliphatic carbocycles. The minimum Gasteiger partial charge on any atom is -0.482 e. The van der Waals surface area contributed by atoms with Crippen molar-refractivity contribution in [2.45, 2.75) is 31.9 Å². The summed E-state index contributed by atoms with van der Waals surface area (Å²) in [6.07, 6.45) is 7.75. The number of benzene rings is 2. The highest BCUT2D eigenvalue weighted by atomic mass is 32.2. The molecule has 2 aromatic carbocycles. The molecule has 0 saturated carbocycles. The number of carbonyl (C=O) groups is 1. The van der Waals surface area contributed by atoms with Gasteiger partial charge >= 0.3 is 0 Å². The number of nitrogens with zero attached hydrogens (tertiary/aromatic N) is 2. The third-order valence-corrected chi connectivity index (χ3v) is 5.64. The van der Waals surface area contributed by atoms with Crippen molar-refractivity contribution in [3.8, 4) is 5.75 Å². The summed E-state index contributed by atoms with van der Waals surface area (Å²) >= 11 is 0. The molecule has 7 nitrogen and oxygen atoms in total. The molecule has 0 fully saturated rings. The van der Waals surface area contributed by atoms with Crippen LogP contribution in [0, 0.1) is 0 Å². The average Bonchev–Trinajstić information content (AvgIpc) is 3.22. The van der Waals surface area contributed by atoms with Crippen molar-refractivity contribution >= 4 is 21.5 Å². The van der Waals surface area contributed by atoms with E-state index in [-0.39, 0.29) is 11.9 Å². The van der Waals surface area contributed by atoms with Gasteiger partial charge in [0.2, 0.25) is 10.0 Å². The summed E-state index contributed by atoms with van der Waals surface area (Å²) in [4.78, 5) is 16.4. The second kappa shape index (κ2) is 8.31. The van der Waals surface area contributed by atoms with E-state index in [4.69, 9.17) is 4.74 Å². The third kappa shape index (κ3) is 4.54. The molecule has 0 bridgehead atoms. The number of sulfonamides is 1. The summed E-state index contributed by atoms with van der Waals surface area (Å²) in [6.45, 7) is 0.498. The van der Waals surface area contributed by atoms with Crippen LogP contribution in [-0.2, 0) is 23.0 Å². The molecule has 0 saturated heterocycles. The molecule has 1 aliphatic rings. The molecule has 1 atom stereocenters. The van der Waals surface area contributed by atoms with E-state index in [0.29, 0.717) is 48.4 Å². The SMILES string of the molecule is CS(=O)(=O)Nc1c(OC(Cn2ccnc2)c2ccccc2)ccc2c1CCCC2=O.